The van der Waals surface area contributed by atoms with E-state index in [0.717, 1.165) is 38.6 Å². The molecule has 0 saturated carbocycles. The summed E-state index contributed by atoms with van der Waals surface area (Å²) in [5, 5.41) is 4.52. The van der Waals surface area contributed by atoms with Crippen molar-refractivity contribution in [2.24, 2.45) is 0 Å². The number of hydrogen-bond donors (Lipinski definition) is 0. The van der Waals surface area contributed by atoms with E-state index in [0.29, 0.717) is 17.5 Å². The van der Waals surface area contributed by atoms with Gasteiger partial charge in [-0.3, -0.25) is 0 Å². The Balaban J connectivity index is 1.18. The van der Waals surface area contributed by atoms with E-state index in [-0.39, 0.29) is 0 Å². The fourth-order valence-corrected chi connectivity index (χ4v) is 8.06. The molecule has 0 radical (unpaired) electrons. The van der Waals surface area contributed by atoms with Gasteiger partial charge >= 0.3 is 0 Å². The van der Waals surface area contributed by atoms with Crippen molar-refractivity contribution in [3.63, 3.8) is 0 Å². The van der Waals surface area contributed by atoms with Crippen molar-refractivity contribution in [2.75, 3.05) is 0 Å². The first kappa shape index (κ1) is 28.6. The Labute approximate surface area is 292 Å². The number of nitrogens with zero attached hydrogens (tertiary/aromatic N) is 3. The lowest BCUT2D eigenvalue weighted by molar-refractivity contribution is 0.669. The molecule has 3 aromatic heterocycles. The molecule has 0 spiro atoms. The molecule has 10 aromatic rings. The first-order valence-corrected chi connectivity index (χ1v) is 17.4. The number of benzene rings is 7. The Morgan fingerprint density at radius 2 is 0.900 bits per heavy atom. The molecule has 5 heteroatoms. The van der Waals surface area contributed by atoms with E-state index in [1.54, 1.807) is 0 Å². The summed E-state index contributed by atoms with van der Waals surface area (Å²) in [6.07, 6.45) is 0. The third kappa shape index (κ3) is 4.87. The van der Waals surface area contributed by atoms with Crippen LogP contribution >= 0.6 is 11.3 Å². The maximum atomic E-state index is 6.12. The van der Waals surface area contributed by atoms with Gasteiger partial charge in [-0.1, -0.05) is 109 Å². The minimum atomic E-state index is 0.619. The van der Waals surface area contributed by atoms with Crippen LogP contribution in [0, 0.1) is 0 Å². The van der Waals surface area contributed by atoms with E-state index in [9.17, 15) is 0 Å². The quantitative estimate of drug-likeness (QED) is 0.185. The van der Waals surface area contributed by atoms with Gasteiger partial charge in [0.25, 0.3) is 0 Å². The van der Waals surface area contributed by atoms with Crippen molar-refractivity contribution >= 4 is 53.4 Å². The molecule has 0 amide bonds. The average molecular weight is 658 g/mol. The third-order valence-electron chi connectivity index (χ3n) is 9.32. The van der Waals surface area contributed by atoms with Gasteiger partial charge in [0.05, 0.1) is 0 Å². The Kier molecular flexibility index (Phi) is 6.64. The van der Waals surface area contributed by atoms with E-state index in [1.807, 2.05) is 72.0 Å². The van der Waals surface area contributed by atoms with Crippen LogP contribution in [-0.4, -0.2) is 15.0 Å². The Hall–Kier alpha value is -6.43. The summed E-state index contributed by atoms with van der Waals surface area (Å²) in [6.45, 7) is 0. The molecular weight excluding hydrogens is 631 g/mol. The van der Waals surface area contributed by atoms with Gasteiger partial charge in [0, 0.05) is 53.2 Å². The zero-order chi connectivity index (χ0) is 33.0. The lowest BCUT2D eigenvalue weighted by Crippen LogP contribution is -2.00. The molecule has 0 fully saturated rings. The second-order valence-corrected chi connectivity index (χ2v) is 13.5. The van der Waals surface area contributed by atoms with Crippen LogP contribution < -0.4 is 0 Å². The number of furan rings is 1. The molecule has 0 atom stereocenters. The molecule has 50 heavy (non-hydrogen) atoms. The van der Waals surface area contributed by atoms with Crippen LogP contribution in [0.2, 0.25) is 0 Å². The van der Waals surface area contributed by atoms with Gasteiger partial charge in [-0.05, 0) is 71.3 Å². The average Bonchev–Trinajstić information content (AvgIpc) is 3.76. The fourth-order valence-electron chi connectivity index (χ4n) is 6.86. The number of thiophene rings is 1. The Morgan fingerprint density at radius 1 is 0.360 bits per heavy atom. The number of rotatable bonds is 5. The second-order valence-electron chi connectivity index (χ2n) is 12.4. The van der Waals surface area contributed by atoms with E-state index in [4.69, 9.17) is 19.4 Å². The first-order chi connectivity index (χ1) is 24.7. The van der Waals surface area contributed by atoms with Crippen LogP contribution in [0.5, 0.6) is 0 Å². The molecule has 0 aliphatic heterocycles. The van der Waals surface area contributed by atoms with Gasteiger partial charge in [-0.15, -0.1) is 11.3 Å². The van der Waals surface area contributed by atoms with E-state index in [2.05, 4.69) is 103 Å². The van der Waals surface area contributed by atoms with Gasteiger partial charge in [0.15, 0.2) is 17.5 Å². The maximum Gasteiger partial charge on any atom is 0.164 e. The van der Waals surface area contributed by atoms with Crippen LogP contribution in [0.1, 0.15) is 0 Å². The largest absolute Gasteiger partial charge is 0.456 e. The molecule has 234 valence electrons. The molecule has 4 nitrogen and oxygen atoms in total. The highest BCUT2D eigenvalue weighted by Crippen LogP contribution is 2.44. The molecule has 0 saturated heterocycles. The smallest absolute Gasteiger partial charge is 0.164 e. The second kappa shape index (κ2) is 11.6. The van der Waals surface area contributed by atoms with E-state index in [1.165, 1.54) is 42.4 Å². The Morgan fingerprint density at radius 3 is 1.62 bits per heavy atom. The molecule has 0 N–H and O–H groups in total. The highest BCUT2D eigenvalue weighted by Gasteiger charge is 2.18. The molecule has 7 aromatic carbocycles. The number of hydrogen-bond acceptors (Lipinski definition) is 5. The van der Waals surface area contributed by atoms with Gasteiger partial charge in [0.1, 0.15) is 11.2 Å². The van der Waals surface area contributed by atoms with Crippen molar-refractivity contribution in [3.05, 3.63) is 164 Å². The number of fused-ring (bicyclic) bond motifs is 6. The molecule has 3 heterocycles. The lowest BCUT2D eigenvalue weighted by atomic mass is 9.96. The van der Waals surface area contributed by atoms with Gasteiger partial charge < -0.3 is 4.42 Å². The lowest BCUT2D eigenvalue weighted by Gasteiger charge is -2.10. The summed E-state index contributed by atoms with van der Waals surface area (Å²) >= 11 is 1.83. The molecule has 0 aliphatic rings. The van der Waals surface area contributed by atoms with Gasteiger partial charge in [-0.25, -0.2) is 15.0 Å². The zero-order valence-electron chi connectivity index (χ0n) is 26.7. The zero-order valence-corrected chi connectivity index (χ0v) is 27.6. The van der Waals surface area contributed by atoms with Crippen LogP contribution in [0.15, 0.2) is 168 Å². The topological polar surface area (TPSA) is 51.8 Å². The third-order valence-corrected chi connectivity index (χ3v) is 10.5. The van der Waals surface area contributed by atoms with Crippen molar-refractivity contribution < 1.29 is 4.42 Å². The summed E-state index contributed by atoms with van der Waals surface area (Å²) < 4.78 is 8.61. The minimum Gasteiger partial charge on any atom is -0.456 e. The van der Waals surface area contributed by atoms with Crippen molar-refractivity contribution in [1.29, 1.82) is 0 Å². The van der Waals surface area contributed by atoms with Gasteiger partial charge in [0.2, 0.25) is 0 Å². The van der Waals surface area contributed by atoms with Crippen molar-refractivity contribution in [2.45, 2.75) is 0 Å². The Bertz CT molecular complexity index is 2860. The molecular formula is C45H27N3OS. The summed E-state index contributed by atoms with van der Waals surface area (Å²) in [5.41, 5.74) is 9.33. The van der Waals surface area contributed by atoms with Crippen molar-refractivity contribution in [1.82, 2.24) is 15.0 Å². The highest BCUT2D eigenvalue weighted by molar-refractivity contribution is 7.26. The summed E-state index contributed by atoms with van der Waals surface area (Å²) in [5.74, 6) is 1.89. The first-order valence-electron chi connectivity index (χ1n) is 16.6. The number of para-hydroxylation sites is 1. The highest BCUT2D eigenvalue weighted by atomic mass is 32.1. The molecule has 0 aliphatic carbocycles. The van der Waals surface area contributed by atoms with Gasteiger partial charge in [-0.2, -0.15) is 0 Å². The molecule has 0 unspecified atom stereocenters. The monoisotopic (exact) mass is 657 g/mol. The van der Waals surface area contributed by atoms with Crippen LogP contribution in [0.25, 0.3) is 98.5 Å². The standard InChI is InChI=1S/C45H27N3OS/c1-4-12-28(13-5-1)33-26-35(29-14-6-2-7-15-29)42-38(27-33)37-25-32(21-23-41(37)50-42)45-47-43(30-16-8-3-9-17-30)46-44(48-45)31-20-22-40-36(24-31)34-18-10-11-19-39(34)49-40/h1-27H. The van der Waals surface area contributed by atoms with Crippen LogP contribution in [-0.2, 0) is 0 Å². The predicted molar refractivity (Wildman–Crippen MR) is 207 cm³/mol. The predicted octanol–water partition coefficient (Wildman–Crippen LogP) is 12.5. The number of aromatic nitrogens is 3. The molecule has 10 rings (SSSR count). The van der Waals surface area contributed by atoms with E-state index < -0.39 is 0 Å². The SMILES string of the molecule is c1ccc(-c2cc(-c3ccccc3)c3sc4ccc(-c5nc(-c6ccccc6)nc(-c6ccc7oc8ccccc8c7c6)n5)cc4c3c2)cc1. The summed E-state index contributed by atoms with van der Waals surface area (Å²) in [7, 11) is 0. The summed E-state index contributed by atoms with van der Waals surface area (Å²) in [4.78, 5) is 15.2. The van der Waals surface area contributed by atoms with E-state index >= 15 is 0 Å². The van der Waals surface area contributed by atoms with Crippen LogP contribution in [0.4, 0.5) is 0 Å². The summed E-state index contributed by atoms with van der Waals surface area (Å²) in [6, 6.07) is 57.0. The maximum absolute atomic E-state index is 6.12. The normalized spacial score (nSPS) is 11.6. The minimum absolute atomic E-state index is 0.619. The molecule has 0 bridgehead atoms. The van der Waals surface area contributed by atoms with Crippen molar-refractivity contribution in [3.8, 4) is 56.4 Å². The fraction of sp³-hybridized carbons (Fsp3) is 0. The van der Waals surface area contributed by atoms with Crippen LogP contribution in [0.3, 0.4) is 0 Å².